The van der Waals surface area contributed by atoms with Gasteiger partial charge in [0.1, 0.15) is 0 Å². The first-order chi connectivity index (χ1) is 5.93. The Balaban J connectivity index is 1.95. The summed E-state index contributed by atoms with van der Waals surface area (Å²) in [6.45, 7) is 2.18. The lowest BCUT2D eigenvalue weighted by Crippen LogP contribution is -2.28. The summed E-state index contributed by atoms with van der Waals surface area (Å²) in [7, 11) is 0. The summed E-state index contributed by atoms with van der Waals surface area (Å²) in [5.41, 5.74) is 0. The van der Waals surface area contributed by atoms with Gasteiger partial charge in [-0.15, -0.1) is 0 Å². The zero-order valence-electron chi connectivity index (χ0n) is 7.29. The molecule has 1 rings (SSSR count). The Hall–Kier alpha value is -0.590. The zero-order chi connectivity index (χ0) is 8.65. The smallest absolute Gasteiger partial charge is 0.0809 e. The highest BCUT2D eigenvalue weighted by Crippen LogP contribution is 2.09. The van der Waals surface area contributed by atoms with Gasteiger partial charge in [0, 0.05) is 6.42 Å². The molecule has 12 heavy (non-hydrogen) atoms. The lowest BCUT2D eigenvalue weighted by atomic mass is 10.1. The van der Waals surface area contributed by atoms with Gasteiger partial charge in [-0.2, -0.15) is 5.26 Å². The lowest BCUT2D eigenvalue weighted by molar-refractivity contribution is -0.0911. The SMILES string of the molecule is N#CCCCCC1COCCO1. The summed E-state index contributed by atoms with van der Waals surface area (Å²) < 4.78 is 10.7. The van der Waals surface area contributed by atoms with E-state index in [1.54, 1.807) is 0 Å². The molecule has 0 saturated carbocycles. The molecular weight excluding hydrogens is 154 g/mol. The fourth-order valence-corrected chi connectivity index (χ4v) is 1.28. The van der Waals surface area contributed by atoms with E-state index in [2.05, 4.69) is 6.07 Å². The van der Waals surface area contributed by atoms with Gasteiger partial charge in [-0.3, -0.25) is 0 Å². The summed E-state index contributed by atoms with van der Waals surface area (Å²) in [4.78, 5) is 0. The highest BCUT2D eigenvalue weighted by atomic mass is 16.6. The highest BCUT2D eigenvalue weighted by Gasteiger charge is 2.12. The third-order valence-electron chi connectivity index (χ3n) is 1.95. The van der Waals surface area contributed by atoms with Crippen molar-refractivity contribution in [2.24, 2.45) is 0 Å². The van der Waals surface area contributed by atoms with Crippen molar-refractivity contribution in [2.75, 3.05) is 19.8 Å². The van der Waals surface area contributed by atoms with Gasteiger partial charge in [0.25, 0.3) is 0 Å². The largest absolute Gasteiger partial charge is 0.376 e. The van der Waals surface area contributed by atoms with Gasteiger partial charge in [0.05, 0.1) is 32.0 Å². The fourth-order valence-electron chi connectivity index (χ4n) is 1.28. The minimum absolute atomic E-state index is 0.275. The number of hydrogen-bond donors (Lipinski definition) is 0. The summed E-state index contributed by atoms with van der Waals surface area (Å²) in [5.74, 6) is 0. The molecule has 0 aliphatic carbocycles. The van der Waals surface area contributed by atoms with E-state index in [1.165, 1.54) is 0 Å². The van der Waals surface area contributed by atoms with Gasteiger partial charge in [0.2, 0.25) is 0 Å². The first-order valence-corrected chi connectivity index (χ1v) is 4.50. The van der Waals surface area contributed by atoms with Crippen molar-refractivity contribution in [3.05, 3.63) is 0 Å². The van der Waals surface area contributed by atoms with E-state index < -0.39 is 0 Å². The standard InChI is InChI=1S/C9H15NO2/c10-5-3-1-2-4-9-8-11-6-7-12-9/h9H,1-4,6-8H2. The molecule has 1 heterocycles. The molecule has 1 aliphatic rings. The molecule has 0 aromatic heterocycles. The van der Waals surface area contributed by atoms with E-state index >= 15 is 0 Å². The molecule has 0 spiro atoms. The average Bonchev–Trinajstić information content (AvgIpc) is 2.14. The van der Waals surface area contributed by atoms with Crippen molar-refractivity contribution in [3.8, 4) is 6.07 Å². The monoisotopic (exact) mass is 169 g/mol. The molecule has 0 amide bonds. The van der Waals surface area contributed by atoms with Gasteiger partial charge < -0.3 is 9.47 Å². The van der Waals surface area contributed by atoms with Gasteiger partial charge >= 0.3 is 0 Å². The van der Waals surface area contributed by atoms with Crippen LogP contribution < -0.4 is 0 Å². The van der Waals surface area contributed by atoms with Crippen LogP contribution in [0.1, 0.15) is 25.7 Å². The van der Waals surface area contributed by atoms with Crippen molar-refractivity contribution >= 4 is 0 Å². The number of nitrogens with zero attached hydrogens (tertiary/aromatic N) is 1. The Bertz CT molecular complexity index is 147. The molecule has 1 atom stereocenters. The normalized spacial score (nSPS) is 23.4. The van der Waals surface area contributed by atoms with Crippen molar-refractivity contribution in [1.82, 2.24) is 0 Å². The molecule has 68 valence electrons. The minimum Gasteiger partial charge on any atom is -0.376 e. The van der Waals surface area contributed by atoms with Gasteiger partial charge in [-0.1, -0.05) is 0 Å². The van der Waals surface area contributed by atoms with Gasteiger partial charge in [-0.05, 0) is 19.3 Å². The van der Waals surface area contributed by atoms with Crippen LogP contribution in [-0.2, 0) is 9.47 Å². The number of rotatable bonds is 4. The van der Waals surface area contributed by atoms with Crippen LogP contribution in [0.2, 0.25) is 0 Å². The molecule has 1 saturated heterocycles. The first kappa shape index (κ1) is 9.50. The summed E-state index contributed by atoms with van der Waals surface area (Å²) in [6, 6.07) is 2.13. The minimum atomic E-state index is 0.275. The van der Waals surface area contributed by atoms with Crippen LogP contribution in [0.25, 0.3) is 0 Å². The molecule has 0 bridgehead atoms. The van der Waals surface area contributed by atoms with Crippen LogP contribution in [-0.4, -0.2) is 25.9 Å². The van der Waals surface area contributed by atoms with Crippen LogP contribution in [0.15, 0.2) is 0 Å². The summed E-state index contributed by atoms with van der Waals surface area (Å²) >= 11 is 0. The predicted octanol–water partition coefficient (Wildman–Crippen LogP) is 1.49. The molecule has 0 radical (unpaired) electrons. The Morgan fingerprint density at radius 1 is 1.33 bits per heavy atom. The van der Waals surface area contributed by atoms with Crippen molar-refractivity contribution in [1.29, 1.82) is 5.26 Å². The second kappa shape index (κ2) is 5.99. The molecule has 3 heteroatoms. The topological polar surface area (TPSA) is 42.2 Å². The van der Waals surface area contributed by atoms with Crippen LogP contribution in [0.5, 0.6) is 0 Å². The maximum Gasteiger partial charge on any atom is 0.0809 e. The van der Waals surface area contributed by atoms with E-state index in [4.69, 9.17) is 14.7 Å². The van der Waals surface area contributed by atoms with E-state index in [-0.39, 0.29) is 6.10 Å². The van der Waals surface area contributed by atoms with Crippen molar-refractivity contribution in [2.45, 2.75) is 31.8 Å². The summed E-state index contributed by atoms with van der Waals surface area (Å²) in [5, 5.41) is 8.30. The predicted molar refractivity (Wildman–Crippen MR) is 44.6 cm³/mol. The molecule has 0 aromatic rings. The molecular formula is C9H15NO2. The van der Waals surface area contributed by atoms with Gasteiger partial charge in [-0.25, -0.2) is 0 Å². The third-order valence-corrected chi connectivity index (χ3v) is 1.95. The van der Waals surface area contributed by atoms with E-state index in [1.807, 2.05) is 0 Å². The lowest BCUT2D eigenvalue weighted by Gasteiger charge is -2.22. The third kappa shape index (κ3) is 3.70. The quantitative estimate of drug-likeness (QED) is 0.599. The number of nitriles is 1. The second-order valence-electron chi connectivity index (χ2n) is 2.97. The van der Waals surface area contributed by atoms with Crippen LogP contribution in [0, 0.1) is 11.3 Å². The number of unbranched alkanes of at least 4 members (excludes halogenated alkanes) is 2. The van der Waals surface area contributed by atoms with Crippen LogP contribution >= 0.6 is 0 Å². The van der Waals surface area contributed by atoms with E-state index in [0.29, 0.717) is 6.42 Å². The zero-order valence-corrected chi connectivity index (χ0v) is 7.29. The summed E-state index contributed by atoms with van der Waals surface area (Å²) in [6.07, 6.45) is 4.02. The molecule has 1 unspecified atom stereocenters. The molecule has 0 aromatic carbocycles. The van der Waals surface area contributed by atoms with Crippen molar-refractivity contribution in [3.63, 3.8) is 0 Å². The second-order valence-corrected chi connectivity index (χ2v) is 2.97. The highest BCUT2D eigenvalue weighted by molar-refractivity contribution is 4.69. The molecule has 3 nitrogen and oxygen atoms in total. The van der Waals surface area contributed by atoms with E-state index in [9.17, 15) is 0 Å². The van der Waals surface area contributed by atoms with Crippen molar-refractivity contribution < 1.29 is 9.47 Å². The first-order valence-electron chi connectivity index (χ1n) is 4.50. The van der Waals surface area contributed by atoms with E-state index in [0.717, 1.165) is 39.1 Å². The fraction of sp³-hybridized carbons (Fsp3) is 0.889. The Morgan fingerprint density at radius 3 is 2.92 bits per heavy atom. The van der Waals surface area contributed by atoms with Gasteiger partial charge in [0.15, 0.2) is 0 Å². The van der Waals surface area contributed by atoms with Crippen LogP contribution in [0.4, 0.5) is 0 Å². The number of hydrogen-bond acceptors (Lipinski definition) is 3. The maximum atomic E-state index is 8.30. The Labute approximate surface area is 73.3 Å². The molecule has 1 aliphatic heterocycles. The molecule has 1 fully saturated rings. The molecule has 0 N–H and O–H groups in total. The average molecular weight is 169 g/mol. The van der Waals surface area contributed by atoms with Crippen LogP contribution in [0.3, 0.4) is 0 Å². The Morgan fingerprint density at radius 2 is 2.25 bits per heavy atom. The number of ether oxygens (including phenoxy) is 2. The maximum absolute atomic E-state index is 8.30. The Kier molecular flexibility index (Phi) is 4.74.